The quantitative estimate of drug-likeness (QED) is 0.0423. The fourth-order valence-electron chi connectivity index (χ4n) is 14.0. The number of ether oxygens (including phenoxy) is 5. The highest BCUT2D eigenvalue weighted by atomic mass is 16.6. The van der Waals surface area contributed by atoms with Crippen LogP contribution in [0.4, 0.5) is 0 Å². The molecular formula is C58H78N2O14. The molecule has 0 radical (unpaired) electrons. The number of aryl methyl sites for hydroxylation is 1. The number of carbonyl (C=O) groups is 3. The van der Waals surface area contributed by atoms with Gasteiger partial charge < -0.3 is 64.2 Å². The number of nitrogens with zero attached hydrogens (tertiary/aromatic N) is 1. The number of nitrogens with one attached hydrogen (secondary N) is 1. The van der Waals surface area contributed by atoms with Crippen molar-refractivity contribution in [2.24, 2.45) is 35.5 Å². The summed E-state index contributed by atoms with van der Waals surface area (Å²) in [5.41, 5.74) is 2.65. The Morgan fingerprint density at radius 1 is 1.03 bits per heavy atom. The molecule has 2 aliphatic carbocycles. The average Bonchev–Trinajstić information content (AvgIpc) is 4.07. The summed E-state index contributed by atoms with van der Waals surface area (Å²) in [7, 11) is 1.70. The third-order valence-electron chi connectivity index (χ3n) is 17.6. The van der Waals surface area contributed by atoms with Gasteiger partial charge in [-0.25, -0.2) is 4.79 Å². The first-order chi connectivity index (χ1) is 36.0. The number of allylic oxidation sites excluding steroid dienone is 3. The summed E-state index contributed by atoms with van der Waals surface area (Å²) < 4.78 is 31.7. The monoisotopic (exact) mass is 1030 g/mol. The number of methoxy groups -OCH3 is 1. The third kappa shape index (κ3) is 10.1. The zero-order chi connectivity index (χ0) is 52.3. The topological polar surface area (TPSA) is 238 Å². The van der Waals surface area contributed by atoms with Gasteiger partial charge in [-0.1, -0.05) is 31.8 Å². The molecule has 1 aromatic heterocycles. The number of carbonyl (C=O) groups excluding carboxylic acids is 3. The van der Waals surface area contributed by atoms with Crippen molar-refractivity contribution in [3.05, 3.63) is 69.1 Å². The summed E-state index contributed by atoms with van der Waals surface area (Å²) in [5, 5.41) is 71.3. The first-order valence-electron chi connectivity index (χ1n) is 27.4. The Hall–Kier alpha value is -4.65. The lowest BCUT2D eigenvalue weighted by Crippen LogP contribution is -2.67. The number of aromatic nitrogens is 1. The predicted molar refractivity (Wildman–Crippen MR) is 276 cm³/mol. The van der Waals surface area contributed by atoms with E-state index in [2.05, 4.69) is 16.8 Å². The number of likely N-dealkylation sites (tertiary alicyclic amines) is 1. The van der Waals surface area contributed by atoms with E-state index in [1.54, 1.807) is 14.0 Å². The highest BCUT2D eigenvalue weighted by molar-refractivity contribution is 6.11. The van der Waals surface area contributed by atoms with Gasteiger partial charge >= 0.3 is 5.97 Å². The summed E-state index contributed by atoms with van der Waals surface area (Å²) in [6, 6.07) is 5.97. The van der Waals surface area contributed by atoms with E-state index in [0.29, 0.717) is 75.5 Å². The molecule has 3 fully saturated rings. The van der Waals surface area contributed by atoms with Crippen LogP contribution in [0.5, 0.6) is 17.2 Å². The van der Waals surface area contributed by atoms with Gasteiger partial charge in [0, 0.05) is 87.0 Å². The predicted octanol–water partition coefficient (Wildman–Crippen LogP) is 5.87. The van der Waals surface area contributed by atoms with Crippen LogP contribution < -0.4 is 14.2 Å². The maximum absolute atomic E-state index is 14.7. The van der Waals surface area contributed by atoms with Crippen molar-refractivity contribution in [1.29, 1.82) is 0 Å². The van der Waals surface area contributed by atoms with E-state index < -0.39 is 66.4 Å². The van der Waals surface area contributed by atoms with Crippen molar-refractivity contribution in [2.75, 3.05) is 66.4 Å². The van der Waals surface area contributed by atoms with Gasteiger partial charge in [0.1, 0.15) is 34.7 Å². The summed E-state index contributed by atoms with van der Waals surface area (Å²) in [4.78, 5) is 48.3. The van der Waals surface area contributed by atoms with Crippen LogP contribution in [0.1, 0.15) is 125 Å². The molecule has 0 unspecified atom stereocenters. The van der Waals surface area contributed by atoms with Crippen molar-refractivity contribution in [3.63, 3.8) is 0 Å². The lowest BCUT2D eigenvalue weighted by Gasteiger charge is -2.58. The molecule has 404 valence electrons. The number of Topliss-reactive ketones (excluding diaryl/α,β-unsaturated/α-hetero) is 1. The molecule has 3 aromatic rings. The van der Waals surface area contributed by atoms with Crippen LogP contribution in [0, 0.1) is 35.5 Å². The molecule has 5 heterocycles. The molecule has 4 aliphatic heterocycles. The minimum Gasteiger partial charge on any atom is -0.492 e. The molecule has 0 amide bonds. The third-order valence-corrected chi connectivity index (χ3v) is 17.6. The van der Waals surface area contributed by atoms with Crippen LogP contribution in [-0.2, 0) is 43.3 Å². The fraction of sp³-hybridized carbons (Fsp3) is 0.638. The van der Waals surface area contributed by atoms with Crippen molar-refractivity contribution < 1.29 is 68.7 Å². The van der Waals surface area contributed by atoms with Gasteiger partial charge in [0.2, 0.25) is 5.76 Å². The number of ketones is 1. The minimum absolute atomic E-state index is 0.00386. The van der Waals surface area contributed by atoms with Gasteiger partial charge in [0.25, 0.3) is 0 Å². The number of hydrogen-bond donors (Lipinski definition) is 7. The second kappa shape index (κ2) is 23.7. The second-order valence-corrected chi connectivity index (χ2v) is 21.8. The van der Waals surface area contributed by atoms with E-state index in [9.17, 15) is 45.0 Å². The summed E-state index contributed by atoms with van der Waals surface area (Å²) >= 11 is 0. The molecule has 2 bridgehead atoms. The average molecular weight is 1030 g/mol. The Morgan fingerprint density at radius 2 is 1.86 bits per heavy atom. The van der Waals surface area contributed by atoms with E-state index in [1.807, 2.05) is 24.4 Å². The van der Waals surface area contributed by atoms with E-state index in [4.69, 9.17) is 23.7 Å². The Labute approximate surface area is 434 Å². The van der Waals surface area contributed by atoms with Crippen LogP contribution in [0.25, 0.3) is 16.5 Å². The van der Waals surface area contributed by atoms with Crippen LogP contribution in [-0.4, -0.2) is 143 Å². The maximum Gasteiger partial charge on any atom is 0.375 e. The zero-order valence-corrected chi connectivity index (χ0v) is 43.4. The van der Waals surface area contributed by atoms with Crippen molar-refractivity contribution in [1.82, 2.24) is 9.88 Å². The zero-order valence-electron chi connectivity index (χ0n) is 43.4. The molecule has 0 spiro atoms. The Balaban J connectivity index is 1.25. The molecule has 1 saturated heterocycles. The van der Waals surface area contributed by atoms with Gasteiger partial charge in [-0.3, -0.25) is 9.59 Å². The summed E-state index contributed by atoms with van der Waals surface area (Å²) in [6.07, 6.45) is 8.33. The number of H-pyrrole nitrogens is 1. The fourth-order valence-corrected chi connectivity index (χ4v) is 14.0. The number of benzene rings is 2. The van der Waals surface area contributed by atoms with Crippen molar-refractivity contribution in [2.45, 2.75) is 134 Å². The Morgan fingerprint density at radius 3 is 2.59 bits per heavy atom. The SMILES string of the molecule is CCCCC[C@H](O)[C@H]1C[C@@H]2CN(CCCOC)CC[C@@H]2[C@@](O)([C@@H]2Cc3c(c(CO)c4c5c3OC[C@@H](CO)CCc3cc6[nH]ccc6cc3[C@H]3CC(=C5C(C=O)=C(C(=O)OCC)O4)C[C@H](CO)C3=O)O2)[C@@H]1CCCO. The number of fused-ring (bicyclic) bond motifs is 8. The van der Waals surface area contributed by atoms with E-state index in [0.717, 1.165) is 60.8 Å². The van der Waals surface area contributed by atoms with E-state index in [-0.39, 0.29) is 109 Å². The van der Waals surface area contributed by atoms with Crippen LogP contribution in [0.2, 0.25) is 0 Å². The van der Waals surface area contributed by atoms with Gasteiger partial charge in [-0.2, -0.15) is 0 Å². The summed E-state index contributed by atoms with van der Waals surface area (Å²) in [6.45, 7) is 5.15. The number of unbranched alkanes of at least 4 members (excludes halogenated alkanes) is 2. The molecule has 2 saturated carbocycles. The number of esters is 1. The standard InChI is InChI=1S/C58H78N2O14/c1-4-6-7-11-48(66)41-24-37-27-60(17-9-20-70-3)18-15-45(37)58(69,46(41)10-8-19-61)49-26-42-53(73-49)44(31-65)55-51-50(43(30-64)56(74-55)57(68)71-5-2)36-21-38(29-63)52(67)40(23-36)39-22-35-14-16-59-47(35)25-34(39)13-12-33(28-62)32-72-54(42)51/h14,16,22,25,30,33,37-38,40-41,45-46,48-49,59,61-63,65-66,69H,4-13,15,17-21,23-24,26-29,31-32H2,1-3H3/t33-,37-,38-,40-,41+,45+,46-,48+,49+,58+/m1/s1. The first-order valence-corrected chi connectivity index (χ1v) is 27.4. The smallest absolute Gasteiger partial charge is 0.375 e. The molecule has 9 rings (SSSR count). The number of piperidine rings is 1. The van der Waals surface area contributed by atoms with Crippen LogP contribution in [0.3, 0.4) is 0 Å². The summed E-state index contributed by atoms with van der Waals surface area (Å²) in [5.74, 6) is -4.20. The first kappa shape index (κ1) is 54.2. The number of aliphatic hydroxyl groups is 6. The highest BCUT2D eigenvalue weighted by Gasteiger charge is 2.62. The second-order valence-electron chi connectivity index (χ2n) is 21.8. The lowest BCUT2D eigenvalue weighted by molar-refractivity contribution is -0.215. The largest absolute Gasteiger partial charge is 0.492 e. The lowest BCUT2D eigenvalue weighted by atomic mass is 9.53. The molecule has 7 N–H and O–H groups in total. The number of hydrogen-bond acceptors (Lipinski definition) is 15. The number of aldehydes is 1. The van der Waals surface area contributed by atoms with Crippen molar-refractivity contribution >= 4 is 34.5 Å². The van der Waals surface area contributed by atoms with Crippen LogP contribution in [0.15, 0.2) is 41.3 Å². The maximum atomic E-state index is 14.7. The molecule has 2 aromatic carbocycles. The number of rotatable bonds is 19. The number of aliphatic hydroxyl groups excluding tert-OH is 5. The molecule has 10 atom stereocenters. The van der Waals surface area contributed by atoms with Gasteiger partial charge in [0.05, 0.1) is 49.2 Å². The molecule has 16 heteroatoms. The van der Waals surface area contributed by atoms with Crippen molar-refractivity contribution in [3.8, 4) is 17.2 Å². The Bertz CT molecular complexity index is 2590. The van der Waals surface area contributed by atoms with Crippen LogP contribution >= 0.6 is 0 Å². The molecular weight excluding hydrogens is 949 g/mol. The highest BCUT2D eigenvalue weighted by Crippen LogP contribution is 2.60. The minimum atomic E-state index is -1.56. The normalized spacial score (nSPS) is 28.4. The van der Waals surface area contributed by atoms with Gasteiger partial charge in [-0.05, 0) is 136 Å². The molecule has 6 aliphatic rings. The number of aromatic amines is 1. The molecule has 16 nitrogen and oxygen atoms in total. The van der Waals surface area contributed by atoms with E-state index in [1.165, 1.54) is 0 Å². The van der Waals surface area contributed by atoms with E-state index >= 15 is 0 Å². The van der Waals surface area contributed by atoms with Gasteiger partial charge in [0.15, 0.2) is 6.29 Å². The molecule has 74 heavy (non-hydrogen) atoms. The van der Waals surface area contributed by atoms with Gasteiger partial charge in [-0.15, -0.1) is 0 Å². The Kier molecular flexibility index (Phi) is 17.4.